The minimum atomic E-state index is 0.0710. The van der Waals surface area contributed by atoms with Gasteiger partial charge in [0.25, 0.3) is 0 Å². The average molecular weight is 229 g/mol. The molecular weight excluding hydrogens is 210 g/mol. The first-order valence-corrected chi connectivity index (χ1v) is 6.39. The Bertz CT molecular complexity index is 550. The number of benzene rings is 1. The summed E-state index contributed by atoms with van der Waals surface area (Å²) in [6.07, 6.45) is 3.93. The molecule has 3 nitrogen and oxygen atoms in total. The standard InChI is InChI=1S/C14H19N3/c1-9(15)11-7-4-8-12-13(11)14(17(2)16-12)10-5-3-6-10/h4,7-10H,3,5-6,15H2,1-2H3. The van der Waals surface area contributed by atoms with E-state index in [2.05, 4.69) is 35.0 Å². The molecule has 0 amide bonds. The lowest BCUT2D eigenvalue weighted by atomic mass is 9.81. The molecule has 1 atom stereocenters. The van der Waals surface area contributed by atoms with E-state index in [4.69, 9.17) is 5.73 Å². The number of fused-ring (bicyclic) bond motifs is 1. The molecule has 2 N–H and O–H groups in total. The summed E-state index contributed by atoms with van der Waals surface area (Å²) in [5, 5.41) is 5.92. The summed E-state index contributed by atoms with van der Waals surface area (Å²) >= 11 is 0. The molecule has 2 aromatic rings. The van der Waals surface area contributed by atoms with Crippen LogP contribution in [0.25, 0.3) is 10.9 Å². The second-order valence-corrected chi connectivity index (χ2v) is 5.17. The molecule has 0 saturated heterocycles. The van der Waals surface area contributed by atoms with E-state index in [0.717, 1.165) is 5.52 Å². The molecule has 3 rings (SSSR count). The fourth-order valence-corrected chi connectivity index (χ4v) is 2.83. The zero-order valence-electron chi connectivity index (χ0n) is 10.5. The van der Waals surface area contributed by atoms with E-state index in [1.54, 1.807) is 0 Å². The zero-order chi connectivity index (χ0) is 12.0. The molecule has 1 aromatic carbocycles. The maximum atomic E-state index is 6.08. The van der Waals surface area contributed by atoms with Gasteiger partial charge in [-0.15, -0.1) is 0 Å². The van der Waals surface area contributed by atoms with E-state index >= 15 is 0 Å². The third-order valence-electron chi connectivity index (χ3n) is 3.92. The van der Waals surface area contributed by atoms with Crippen molar-refractivity contribution in [3.8, 4) is 0 Å². The monoisotopic (exact) mass is 229 g/mol. The van der Waals surface area contributed by atoms with Gasteiger partial charge in [-0.05, 0) is 31.4 Å². The van der Waals surface area contributed by atoms with E-state index in [-0.39, 0.29) is 6.04 Å². The van der Waals surface area contributed by atoms with Crippen LogP contribution in [0.3, 0.4) is 0 Å². The Balaban J connectivity index is 2.28. The molecule has 1 heterocycles. The highest BCUT2D eigenvalue weighted by Gasteiger charge is 2.26. The van der Waals surface area contributed by atoms with Crippen molar-refractivity contribution in [3.63, 3.8) is 0 Å². The maximum Gasteiger partial charge on any atom is 0.0929 e. The van der Waals surface area contributed by atoms with Crippen LogP contribution in [0, 0.1) is 0 Å². The smallest absolute Gasteiger partial charge is 0.0929 e. The Labute approximate surface area is 102 Å². The summed E-state index contributed by atoms with van der Waals surface area (Å²) in [5.41, 5.74) is 9.79. The van der Waals surface area contributed by atoms with Crippen LogP contribution in [0.4, 0.5) is 0 Å². The molecule has 1 saturated carbocycles. The molecular formula is C14H19N3. The lowest BCUT2D eigenvalue weighted by Gasteiger charge is -2.26. The molecule has 17 heavy (non-hydrogen) atoms. The number of nitrogens with zero attached hydrogens (tertiary/aromatic N) is 2. The van der Waals surface area contributed by atoms with Gasteiger partial charge >= 0.3 is 0 Å². The summed E-state index contributed by atoms with van der Waals surface area (Å²) in [6, 6.07) is 6.35. The topological polar surface area (TPSA) is 43.8 Å². The van der Waals surface area contributed by atoms with Crippen molar-refractivity contribution in [2.45, 2.75) is 38.1 Å². The molecule has 0 spiro atoms. The van der Waals surface area contributed by atoms with Crippen LogP contribution in [0.2, 0.25) is 0 Å². The highest BCUT2D eigenvalue weighted by molar-refractivity contribution is 5.86. The van der Waals surface area contributed by atoms with Crippen LogP contribution >= 0.6 is 0 Å². The Morgan fingerprint density at radius 2 is 2.18 bits per heavy atom. The van der Waals surface area contributed by atoms with Crippen LogP contribution in [0.5, 0.6) is 0 Å². The zero-order valence-corrected chi connectivity index (χ0v) is 10.5. The molecule has 1 unspecified atom stereocenters. The van der Waals surface area contributed by atoms with E-state index in [1.165, 1.54) is 35.9 Å². The highest BCUT2D eigenvalue weighted by Crippen LogP contribution is 2.41. The van der Waals surface area contributed by atoms with Gasteiger partial charge in [0.05, 0.1) is 5.52 Å². The summed E-state index contributed by atoms with van der Waals surface area (Å²) in [7, 11) is 2.05. The number of hydrogen-bond acceptors (Lipinski definition) is 2. The third-order valence-corrected chi connectivity index (χ3v) is 3.92. The number of hydrogen-bond donors (Lipinski definition) is 1. The quantitative estimate of drug-likeness (QED) is 0.860. The third kappa shape index (κ3) is 1.57. The molecule has 1 aromatic heterocycles. The van der Waals surface area contributed by atoms with E-state index in [1.807, 2.05) is 6.92 Å². The van der Waals surface area contributed by atoms with Crippen molar-refractivity contribution in [1.29, 1.82) is 0 Å². The van der Waals surface area contributed by atoms with Crippen LogP contribution in [-0.2, 0) is 7.05 Å². The first kappa shape index (κ1) is 10.8. The van der Waals surface area contributed by atoms with Gasteiger partial charge in [0.2, 0.25) is 0 Å². The summed E-state index contributed by atoms with van der Waals surface area (Å²) in [6.45, 7) is 2.05. The molecule has 1 aliphatic rings. The van der Waals surface area contributed by atoms with Crippen molar-refractivity contribution in [3.05, 3.63) is 29.5 Å². The normalized spacial score (nSPS) is 18.3. The van der Waals surface area contributed by atoms with Gasteiger partial charge in [0.1, 0.15) is 0 Å². The largest absolute Gasteiger partial charge is 0.324 e. The van der Waals surface area contributed by atoms with Gasteiger partial charge in [0.15, 0.2) is 0 Å². The Kier molecular flexibility index (Phi) is 2.44. The lowest BCUT2D eigenvalue weighted by Crippen LogP contribution is -2.14. The van der Waals surface area contributed by atoms with Gasteiger partial charge in [-0.2, -0.15) is 5.10 Å². The van der Waals surface area contributed by atoms with Crippen molar-refractivity contribution < 1.29 is 0 Å². The average Bonchev–Trinajstić information content (AvgIpc) is 2.53. The molecule has 0 radical (unpaired) electrons. The predicted molar refractivity (Wildman–Crippen MR) is 69.9 cm³/mol. The van der Waals surface area contributed by atoms with Gasteiger partial charge < -0.3 is 5.73 Å². The summed E-state index contributed by atoms with van der Waals surface area (Å²) < 4.78 is 2.06. The van der Waals surface area contributed by atoms with Crippen LogP contribution in [0.1, 0.15) is 49.4 Å². The fraction of sp³-hybridized carbons (Fsp3) is 0.500. The molecule has 90 valence electrons. The van der Waals surface area contributed by atoms with Crippen LogP contribution < -0.4 is 5.73 Å². The second-order valence-electron chi connectivity index (χ2n) is 5.17. The van der Waals surface area contributed by atoms with Gasteiger partial charge in [-0.1, -0.05) is 18.6 Å². The maximum absolute atomic E-state index is 6.08. The van der Waals surface area contributed by atoms with E-state index in [0.29, 0.717) is 5.92 Å². The Morgan fingerprint density at radius 3 is 2.76 bits per heavy atom. The molecule has 0 bridgehead atoms. The van der Waals surface area contributed by atoms with Gasteiger partial charge in [-0.3, -0.25) is 4.68 Å². The lowest BCUT2D eigenvalue weighted by molar-refractivity contribution is 0.399. The van der Waals surface area contributed by atoms with E-state index in [9.17, 15) is 0 Å². The fourth-order valence-electron chi connectivity index (χ4n) is 2.83. The molecule has 0 aliphatic heterocycles. The minimum absolute atomic E-state index is 0.0710. The number of aromatic nitrogens is 2. The van der Waals surface area contributed by atoms with Crippen molar-refractivity contribution >= 4 is 10.9 Å². The SMILES string of the molecule is CC(N)c1cccc2nn(C)c(C3CCC3)c12. The van der Waals surface area contributed by atoms with E-state index < -0.39 is 0 Å². The molecule has 3 heteroatoms. The Hall–Kier alpha value is -1.35. The molecule has 1 aliphatic carbocycles. The Morgan fingerprint density at radius 1 is 1.41 bits per heavy atom. The number of nitrogens with two attached hydrogens (primary N) is 1. The number of rotatable bonds is 2. The first-order valence-electron chi connectivity index (χ1n) is 6.39. The first-order chi connectivity index (χ1) is 8.18. The van der Waals surface area contributed by atoms with Gasteiger partial charge in [0, 0.05) is 30.1 Å². The summed E-state index contributed by atoms with van der Waals surface area (Å²) in [5.74, 6) is 0.685. The second kappa shape index (κ2) is 3.84. The minimum Gasteiger partial charge on any atom is -0.324 e. The summed E-state index contributed by atoms with van der Waals surface area (Å²) in [4.78, 5) is 0. The van der Waals surface area contributed by atoms with Crippen molar-refractivity contribution in [1.82, 2.24) is 9.78 Å². The predicted octanol–water partition coefficient (Wildman–Crippen LogP) is 2.86. The number of aryl methyl sites for hydroxylation is 1. The van der Waals surface area contributed by atoms with Crippen LogP contribution in [-0.4, -0.2) is 9.78 Å². The molecule has 1 fully saturated rings. The van der Waals surface area contributed by atoms with Crippen LogP contribution in [0.15, 0.2) is 18.2 Å². The van der Waals surface area contributed by atoms with Crippen molar-refractivity contribution in [2.75, 3.05) is 0 Å². The van der Waals surface area contributed by atoms with Crippen molar-refractivity contribution in [2.24, 2.45) is 12.8 Å². The highest BCUT2D eigenvalue weighted by atomic mass is 15.3. The van der Waals surface area contributed by atoms with Gasteiger partial charge in [-0.25, -0.2) is 0 Å².